The van der Waals surface area contributed by atoms with Gasteiger partial charge in [0.15, 0.2) is 5.82 Å². The van der Waals surface area contributed by atoms with E-state index in [1.54, 1.807) is 0 Å². The first-order valence-electron chi connectivity index (χ1n) is 6.79. The van der Waals surface area contributed by atoms with Crippen LogP contribution in [0.15, 0.2) is 6.33 Å². The first-order chi connectivity index (χ1) is 9.52. The van der Waals surface area contributed by atoms with Gasteiger partial charge in [-0.15, -0.1) is 0 Å². The van der Waals surface area contributed by atoms with Gasteiger partial charge in [-0.3, -0.25) is 0 Å². The van der Waals surface area contributed by atoms with Crippen LogP contribution in [0.1, 0.15) is 20.8 Å². The molecule has 2 rings (SSSR count). The standard InChI is InChI=1S/C13H22N4O3/c1-8(2)20-13-11(14)12(15-7-16-13)17-4-10(5-18)19-6-9(17)3/h7-10,18H,4-6,14H2,1-3H3. The van der Waals surface area contributed by atoms with Crippen molar-refractivity contribution in [2.45, 2.75) is 39.0 Å². The average molecular weight is 282 g/mol. The van der Waals surface area contributed by atoms with Gasteiger partial charge in [0.1, 0.15) is 12.0 Å². The lowest BCUT2D eigenvalue weighted by Gasteiger charge is -2.38. The molecule has 112 valence electrons. The number of nitrogens with zero attached hydrogens (tertiary/aromatic N) is 3. The lowest BCUT2D eigenvalue weighted by atomic mass is 10.2. The van der Waals surface area contributed by atoms with Gasteiger partial charge in [0, 0.05) is 6.54 Å². The molecular formula is C13H22N4O3. The highest BCUT2D eigenvalue weighted by Crippen LogP contribution is 2.31. The molecule has 0 bridgehead atoms. The van der Waals surface area contributed by atoms with Crippen molar-refractivity contribution < 1.29 is 14.6 Å². The number of hydrogen-bond donors (Lipinski definition) is 2. The number of nitrogen functional groups attached to an aromatic ring is 1. The second-order valence-electron chi connectivity index (χ2n) is 5.22. The summed E-state index contributed by atoms with van der Waals surface area (Å²) in [7, 11) is 0. The molecule has 7 nitrogen and oxygen atoms in total. The molecule has 7 heteroatoms. The maximum atomic E-state index is 9.24. The fourth-order valence-corrected chi connectivity index (χ4v) is 2.14. The molecule has 3 N–H and O–H groups in total. The quantitative estimate of drug-likeness (QED) is 0.827. The lowest BCUT2D eigenvalue weighted by molar-refractivity contribution is -0.0105. The van der Waals surface area contributed by atoms with Crippen LogP contribution in [0.25, 0.3) is 0 Å². The summed E-state index contributed by atoms with van der Waals surface area (Å²) < 4.78 is 11.1. The summed E-state index contributed by atoms with van der Waals surface area (Å²) in [6, 6.07) is 0.127. The second kappa shape index (κ2) is 6.23. The van der Waals surface area contributed by atoms with Crippen molar-refractivity contribution in [3.05, 3.63) is 6.33 Å². The molecule has 0 aliphatic carbocycles. The van der Waals surface area contributed by atoms with Crippen molar-refractivity contribution in [1.29, 1.82) is 0 Å². The third kappa shape index (κ3) is 3.10. The van der Waals surface area contributed by atoms with Crippen molar-refractivity contribution in [2.24, 2.45) is 0 Å². The van der Waals surface area contributed by atoms with E-state index in [1.165, 1.54) is 6.33 Å². The fourth-order valence-electron chi connectivity index (χ4n) is 2.14. The van der Waals surface area contributed by atoms with Gasteiger partial charge >= 0.3 is 0 Å². The van der Waals surface area contributed by atoms with E-state index in [4.69, 9.17) is 15.2 Å². The molecule has 1 saturated heterocycles. The van der Waals surface area contributed by atoms with Gasteiger partial charge in [-0.05, 0) is 20.8 Å². The van der Waals surface area contributed by atoms with Gasteiger partial charge in [0.25, 0.3) is 0 Å². The summed E-state index contributed by atoms with van der Waals surface area (Å²) >= 11 is 0. The van der Waals surface area contributed by atoms with E-state index in [9.17, 15) is 5.11 Å². The summed E-state index contributed by atoms with van der Waals surface area (Å²) in [5.74, 6) is 1.02. The van der Waals surface area contributed by atoms with Gasteiger partial charge in [0.05, 0.1) is 31.5 Å². The highest BCUT2D eigenvalue weighted by molar-refractivity contribution is 5.68. The Hall–Kier alpha value is -1.60. The summed E-state index contributed by atoms with van der Waals surface area (Å²) in [5, 5.41) is 9.24. The number of ether oxygens (including phenoxy) is 2. The smallest absolute Gasteiger partial charge is 0.242 e. The largest absolute Gasteiger partial charge is 0.473 e. The van der Waals surface area contributed by atoms with E-state index in [2.05, 4.69) is 9.97 Å². The predicted octanol–water partition coefficient (Wildman–Crippen LogP) is 0.432. The van der Waals surface area contributed by atoms with Gasteiger partial charge in [-0.25, -0.2) is 4.98 Å². The zero-order valence-corrected chi connectivity index (χ0v) is 12.1. The third-order valence-corrected chi connectivity index (χ3v) is 3.15. The van der Waals surface area contributed by atoms with E-state index < -0.39 is 0 Å². The molecule has 2 atom stereocenters. The van der Waals surface area contributed by atoms with Crippen LogP contribution in [-0.4, -0.2) is 53.1 Å². The molecule has 1 aliphatic heterocycles. The number of hydrogen-bond acceptors (Lipinski definition) is 7. The van der Waals surface area contributed by atoms with Gasteiger partial charge < -0.3 is 25.2 Å². The summed E-state index contributed by atoms with van der Waals surface area (Å²) in [5.41, 5.74) is 6.54. The Kier molecular flexibility index (Phi) is 4.61. The lowest BCUT2D eigenvalue weighted by Crippen LogP contribution is -2.50. The highest BCUT2D eigenvalue weighted by Gasteiger charge is 2.29. The van der Waals surface area contributed by atoms with Crippen molar-refractivity contribution in [3.63, 3.8) is 0 Å². The first kappa shape index (κ1) is 14.8. The molecule has 0 amide bonds. The third-order valence-electron chi connectivity index (χ3n) is 3.15. The molecule has 1 aromatic heterocycles. The van der Waals surface area contributed by atoms with E-state index >= 15 is 0 Å². The fraction of sp³-hybridized carbons (Fsp3) is 0.692. The number of aliphatic hydroxyl groups is 1. The minimum absolute atomic E-state index is 0.00708. The molecule has 2 unspecified atom stereocenters. The van der Waals surface area contributed by atoms with Crippen LogP contribution in [0.5, 0.6) is 5.88 Å². The summed E-state index contributed by atoms with van der Waals surface area (Å²) in [6.45, 7) is 6.90. The van der Waals surface area contributed by atoms with E-state index in [1.807, 2.05) is 25.7 Å². The molecule has 1 aliphatic rings. The molecule has 20 heavy (non-hydrogen) atoms. The molecule has 0 radical (unpaired) electrons. The number of aliphatic hydroxyl groups excluding tert-OH is 1. The summed E-state index contributed by atoms with van der Waals surface area (Å²) in [4.78, 5) is 10.4. The minimum Gasteiger partial charge on any atom is -0.473 e. The number of nitrogens with two attached hydrogens (primary N) is 1. The zero-order chi connectivity index (χ0) is 14.7. The van der Waals surface area contributed by atoms with Crippen LogP contribution in [0.3, 0.4) is 0 Å². The maximum Gasteiger partial charge on any atom is 0.242 e. The molecule has 0 spiro atoms. The Labute approximate surface area is 118 Å². The van der Waals surface area contributed by atoms with Crippen molar-refractivity contribution in [2.75, 3.05) is 30.4 Å². The predicted molar refractivity (Wildman–Crippen MR) is 75.8 cm³/mol. The molecule has 0 saturated carbocycles. The van der Waals surface area contributed by atoms with Crippen LogP contribution in [-0.2, 0) is 4.74 Å². The SMILES string of the molecule is CC(C)Oc1ncnc(N2CC(CO)OCC2C)c1N. The van der Waals surface area contributed by atoms with Crippen LogP contribution in [0.4, 0.5) is 11.5 Å². The Morgan fingerprint density at radius 3 is 2.95 bits per heavy atom. The zero-order valence-electron chi connectivity index (χ0n) is 12.1. The van der Waals surface area contributed by atoms with Gasteiger partial charge in [-0.2, -0.15) is 4.98 Å². The topological polar surface area (TPSA) is 93.7 Å². The van der Waals surface area contributed by atoms with Crippen molar-refractivity contribution in [3.8, 4) is 5.88 Å². The maximum absolute atomic E-state index is 9.24. The van der Waals surface area contributed by atoms with Crippen LogP contribution in [0.2, 0.25) is 0 Å². The van der Waals surface area contributed by atoms with Gasteiger partial charge in [0.2, 0.25) is 5.88 Å². The molecule has 1 aromatic rings. The van der Waals surface area contributed by atoms with Crippen LogP contribution >= 0.6 is 0 Å². The number of morpholine rings is 1. The van der Waals surface area contributed by atoms with E-state index in [0.29, 0.717) is 30.5 Å². The molecule has 1 fully saturated rings. The Bertz CT molecular complexity index is 455. The molecule has 2 heterocycles. The Morgan fingerprint density at radius 1 is 1.55 bits per heavy atom. The second-order valence-corrected chi connectivity index (χ2v) is 5.22. The Balaban J connectivity index is 2.26. The minimum atomic E-state index is -0.227. The van der Waals surface area contributed by atoms with Crippen LogP contribution < -0.4 is 15.4 Å². The Morgan fingerprint density at radius 2 is 2.30 bits per heavy atom. The van der Waals surface area contributed by atoms with Crippen molar-refractivity contribution in [1.82, 2.24) is 9.97 Å². The normalized spacial score (nSPS) is 23.1. The molecular weight excluding hydrogens is 260 g/mol. The monoisotopic (exact) mass is 282 g/mol. The van der Waals surface area contributed by atoms with E-state index in [0.717, 1.165) is 0 Å². The van der Waals surface area contributed by atoms with E-state index in [-0.39, 0.29) is 24.9 Å². The highest BCUT2D eigenvalue weighted by atomic mass is 16.5. The van der Waals surface area contributed by atoms with Crippen molar-refractivity contribution >= 4 is 11.5 Å². The summed E-state index contributed by atoms with van der Waals surface area (Å²) in [6.07, 6.45) is 1.21. The number of anilines is 2. The van der Waals surface area contributed by atoms with Gasteiger partial charge in [-0.1, -0.05) is 0 Å². The number of aromatic nitrogens is 2. The van der Waals surface area contributed by atoms with Crippen LogP contribution in [0, 0.1) is 0 Å². The number of rotatable bonds is 4. The molecule has 0 aromatic carbocycles. The average Bonchev–Trinajstić information content (AvgIpc) is 2.42. The first-order valence-corrected chi connectivity index (χ1v) is 6.79.